The molecule has 0 saturated carbocycles. The quantitative estimate of drug-likeness (QED) is 0.305. The number of ketones is 1. The van der Waals surface area contributed by atoms with Crippen molar-refractivity contribution >= 4 is 5.78 Å². The van der Waals surface area contributed by atoms with Crippen molar-refractivity contribution in [3.63, 3.8) is 0 Å². The zero-order valence-corrected chi connectivity index (χ0v) is 8.02. The molecule has 6 heteroatoms. The number of carbonyl (C=O) groups excluding carboxylic acids is 1. The van der Waals surface area contributed by atoms with Gasteiger partial charge < -0.3 is 25.5 Å². The molecule has 0 aliphatic heterocycles. The first-order chi connectivity index (χ1) is 7.36. The van der Waals surface area contributed by atoms with E-state index < -0.39 is 43.2 Å². The van der Waals surface area contributed by atoms with Gasteiger partial charge in [-0.05, 0) is 0 Å². The molecule has 0 spiro atoms. The highest BCUT2D eigenvalue weighted by atomic mass is 16.4. The van der Waals surface area contributed by atoms with Crippen LogP contribution in [0.4, 0.5) is 0 Å². The third-order valence-corrected chi connectivity index (χ3v) is 1.83. The number of Topliss-reactive ketones (excluding diaryl/α,β-unsaturated/α-hetero) is 1. The van der Waals surface area contributed by atoms with Crippen molar-refractivity contribution in [1.29, 1.82) is 0 Å². The van der Waals surface area contributed by atoms with E-state index in [4.69, 9.17) is 11.6 Å². The number of allylic oxidation sites excluding steroid dienone is 1. The highest BCUT2D eigenvalue weighted by Gasteiger charge is 2.33. The maximum Gasteiger partial charge on any atom is 0.167 e. The van der Waals surface area contributed by atoms with E-state index in [-0.39, 0.29) is 0 Å². The summed E-state index contributed by atoms with van der Waals surface area (Å²) in [5, 5.41) is 45.2. The highest BCUT2D eigenvalue weighted by Crippen LogP contribution is 2.07. The van der Waals surface area contributed by atoms with Gasteiger partial charge in [0.05, 0.1) is 6.61 Å². The first-order valence-corrected chi connectivity index (χ1v) is 4.28. The number of hydrogen-bond acceptors (Lipinski definition) is 6. The molecule has 0 bridgehead atoms. The van der Waals surface area contributed by atoms with E-state index >= 15 is 0 Å². The third-order valence-electron chi connectivity index (χ3n) is 1.83. The van der Waals surface area contributed by atoms with Crippen molar-refractivity contribution in [2.24, 2.45) is 0 Å². The molecule has 6 nitrogen and oxygen atoms in total. The molecule has 0 aromatic carbocycles. The van der Waals surface area contributed by atoms with E-state index in [0.29, 0.717) is 0 Å². The Morgan fingerprint density at radius 1 is 1.33 bits per heavy atom. The second-order valence-electron chi connectivity index (χ2n) is 2.98. The van der Waals surface area contributed by atoms with Crippen LogP contribution in [0.1, 0.15) is 7.77 Å². The molecular weight excluding hydrogens is 204 g/mol. The minimum Gasteiger partial charge on any atom is -0.394 e. The molecule has 0 fully saturated rings. The maximum atomic E-state index is 11.2. The summed E-state index contributed by atoms with van der Waals surface area (Å²) in [5.41, 5.74) is 0. The predicted molar refractivity (Wildman–Crippen MR) is 50.9 cm³/mol. The Kier molecular flexibility index (Phi) is 5.44. The zero-order valence-electron chi connectivity index (χ0n) is 9.02. The average Bonchev–Trinajstić information content (AvgIpc) is 2.32. The van der Waals surface area contributed by atoms with E-state index in [1.165, 1.54) is 0 Å². The van der Waals surface area contributed by atoms with Crippen molar-refractivity contribution in [3.8, 4) is 0 Å². The van der Waals surface area contributed by atoms with E-state index in [1.54, 1.807) is 0 Å². The summed E-state index contributed by atoms with van der Waals surface area (Å²) in [7, 11) is 0. The van der Waals surface area contributed by atoms with Crippen molar-refractivity contribution in [3.05, 3.63) is 12.7 Å². The van der Waals surface area contributed by atoms with Gasteiger partial charge in [-0.15, -0.1) is 6.58 Å². The number of rotatable bonds is 7. The lowest BCUT2D eigenvalue weighted by Gasteiger charge is -2.24. The Morgan fingerprint density at radius 2 is 1.87 bits per heavy atom. The summed E-state index contributed by atoms with van der Waals surface area (Å²) in [4.78, 5) is 11.2. The molecule has 0 saturated heterocycles. The molecule has 1 unspecified atom stereocenters. The van der Waals surface area contributed by atoms with Gasteiger partial charge >= 0.3 is 0 Å². The molecular formula is C9H16O6. The molecule has 0 radical (unpaired) electrons. The largest absolute Gasteiger partial charge is 0.394 e. The van der Waals surface area contributed by atoms with Crippen molar-refractivity contribution in [2.45, 2.75) is 30.8 Å². The Balaban J connectivity index is 4.54. The molecule has 0 heterocycles. The summed E-state index contributed by atoms with van der Waals surface area (Å²) in [6, 6.07) is 0. The summed E-state index contributed by atoms with van der Waals surface area (Å²) < 4.78 is 7.11. The molecule has 0 aromatic heterocycles. The van der Waals surface area contributed by atoms with Crippen LogP contribution >= 0.6 is 0 Å². The Morgan fingerprint density at radius 3 is 2.27 bits per heavy atom. The van der Waals surface area contributed by atoms with Crippen molar-refractivity contribution < 1.29 is 31.7 Å². The van der Waals surface area contributed by atoms with E-state index in [2.05, 4.69) is 6.58 Å². The monoisotopic (exact) mass is 221 g/mol. The Hall–Kier alpha value is -0.790. The van der Waals surface area contributed by atoms with Crippen LogP contribution in [0, 0.1) is 0 Å². The second kappa shape index (κ2) is 6.65. The number of hydrogen-bond donors (Lipinski definition) is 5. The molecule has 5 N–H and O–H groups in total. The lowest BCUT2D eigenvalue weighted by Crippen LogP contribution is -2.48. The zero-order chi connectivity index (χ0) is 12.9. The predicted octanol–water partition coefficient (Wildman–Crippen LogP) is -2.43. The van der Waals surface area contributed by atoms with Crippen LogP contribution in [0.3, 0.4) is 0 Å². The van der Waals surface area contributed by atoms with Crippen LogP contribution in [0.2, 0.25) is 0 Å². The van der Waals surface area contributed by atoms with Gasteiger partial charge in [-0.3, -0.25) is 4.79 Å². The number of aliphatic hydroxyl groups excluding tert-OH is 5. The first kappa shape index (κ1) is 12.3. The first-order valence-electron chi connectivity index (χ1n) is 4.86. The number of carbonyl (C=O) groups is 1. The minimum atomic E-state index is -2.02. The number of aliphatic hydroxyl groups is 5. The summed E-state index contributed by atoms with van der Waals surface area (Å²) in [5.74, 6) is -1.05. The SMILES string of the molecule is [2H]C(C=C)C(=O)[C@H](O)[C@@H](O)[C@H](O)[C@H](O)CO. The molecule has 88 valence electrons. The van der Waals surface area contributed by atoms with E-state index in [1.807, 2.05) is 0 Å². The summed E-state index contributed by atoms with van der Waals surface area (Å²) in [6.07, 6.45) is -8.01. The lowest BCUT2D eigenvalue weighted by atomic mass is 9.99. The van der Waals surface area contributed by atoms with Crippen LogP contribution < -0.4 is 0 Å². The van der Waals surface area contributed by atoms with Crippen LogP contribution in [-0.2, 0) is 4.79 Å². The minimum absolute atomic E-state index is 0.828. The molecule has 0 aliphatic rings. The molecule has 15 heavy (non-hydrogen) atoms. The van der Waals surface area contributed by atoms with Gasteiger partial charge in [0.15, 0.2) is 5.78 Å². The smallest absolute Gasteiger partial charge is 0.167 e. The topological polar surface area (TPSA) is 118 Å². The fourth-order valence-corrected chi connectivity index (χ4v) is 0.905. The van der Waals surface area contributed by atoms with Gasteiger partial charge in [-0.2, -0.15) is 0 Å². The van der Waals surface area contributed by atoms with E-state index in [9.17, 15) is 20.1 Å². The second-order valence-corrected chi connectivity index (χ2v) is 2.98. The van der Waals surface area contributed by atoms with Gasteiger partial charge in [-0.25, -0.2) is 0 Å². The lowest BCUT2D eigenvalue weighted by molar-refractivity contribution is -0.146. The van der Waals surface area contributed by atoms with Crippen LogP contribution in [-0.4, -0.2) is 62.3 Å². The van der Waals surface area contributed by atoms with Crippen molar-refractivity contribution in [1.82, 2.24) is 0 Å². The van der Waals surface area contributed by atoms with Crippen LogP contribution in [0.5, 0.6) is 0 Å². The van der Waals surface area contributed by atoms with Gasteiger partial charge in [0.25, 0.3) is 0 Å². The highest BCUT2D eigenvalue weighted by molar-refractivity contribution is 5.84. The summed E-state index contributed by atoms with van der Waals surface area (Å²) in [6.45, 7) is 2.34. The maximum absolute atomic E-state index is 11.2. The van der Waals surface area contributed by atoms with Gasteiger partial charge in [0.1, 0.15) is 24.4 Å². The molecule has 0 rings (SSSR count). The molecule has 0 aliphatic carbocycles. The van der Waals surface area contributed by atoms with Crippen LogP contribution in [0.25, 0.3) is 0 Å². The van der Waals surface area contributed by atoms with Gasteiger partial charge in [0, 0.05) is 7.77 Å². The van der Waals surface area contributed by atoms with Gasteiger partial charge in [-0.1, -0.05) is 6.08 Å². The standard InChI is InChI=1S/C9H16O6/c1-2-3-5(11)7(13)9(15)8(14)6(12)4-10/h2,6-10,12-15H,1,3-4H2/t6-,7+,8-,9-/m1/s1/i3D/t3?,6-,7+,8-,9-. The third kappa shape index (κ3) is 4.06. The van der Waals surface area contributed by atoms with Gasteiger partial charge in [0.2, 0.25) is 0 Å². The van der Waals surface area contributed by atoms with Crippen LogP contribution in [0.15, 0.2) is 12.7 Å². The molecule has 0 amide bonds. The fourth-order valence-electron chi connectivity index (χ4n) is 0.905. The fraction of sp³-hybridized carbons (Fsp3) is 0.667. The molecule has 5 atom stereocenters. The van der Waals surface area contributed by atoms with E-state index in [0.717, 1.165) is 6.08 Å². The summed E-state index contributed by atoms with van der Waals surface area (Å²) >= 11 is 0. The average molecular weight is 221 g/mol. The Labute approximate surface area is 88.5 Å². The molecule has 0 aromatic rings. The van der Waals surface area contributed by atoms with Crippen molar-refractivity contribution in [2.75, 3.05) is 6.61 Å². The Bertz CT molecular complexity index is 246. The normalized spacial score (nSPS) is 22.1.